The lowest BCUT2D eigenvalue weighted by atomic mass is 9.97. The van der Waals surface area contributed by atoms with Gasteiger partial charge in [0.15, 0.2) is 0 Å². The Morgan fingerprint density at radius 1 is 0.654 bits per heavy atom. The molecular formula is C23H35NOSi. The fourth-order valence-corrected chi connectivity index (χ4v) is 10.0. The van der Waals surface area contributed by atoms with Gasteiger partial charge in [0.1, 0.15) is 0 Å². The number of nitrogens with two attached hydrogens (primary N) is 1. The highest BCUT2D eigenvalue weighted by molar-refractivity contribution is 6.77. The minimum Gasteiger partial charge on any atom is -0.407 e. The molecule has 2 nitrogen and oxygen atoms in total. The second-order valence-electron chi connectivity index (χ2n) is 8.20. The molecule has 0 fully saturated rings. The molecule has 0 saturated heterocycles. The van der Waals surface area contributed by atoms with Gasteiger partial charge in [-0.15, -0.1) is 0 Å². The molecule has 0 radical (unpaired) electrons. The SMILES string of the molecule is CC(C)[Si](O[C@@H](c1ccccc1)[C@H](N)c1ccccc1)(C(C)C)C(C)C. The van der Waals surface area contributed by atoms with Crippen molar-refractivity contribution in [3.05, 3.63) is 71.8 Å². The maximum atomic E-state index is 7.14. The van der Waals surface area contributed by atoms with Crippen molar-refractivity contribution in [3.63, 3.8) is 0 Å². The molecule has 2 atom stereocenters. The van der Waals surface area contributed by atoms with Crippen LogP contribution in [0.4, 0.5) is 0 Å². The van der Waals surface area contributed by atoms with E-state index < -0.39 is 8.32 Å². The van der Waals surface area contributed by atoms with Crippen molar-refractivity contribution in [1.29, 1.82) is 0 Å². The Bertz CT molecular complexity index is 633. The molecule has 3 heteroatoms. The lowest BCUT2D eigenvalue weighted by Gasteiger charge is -2.46. The van der Waals surface area contributed by atoms with E-state index >= 15 is 0 Å². The molecule has 0 aliphatic rings. The van der Waals surface area contributed by atoms with Gasteiger partial charge in [-0.3, -0.25) is 0 Å². The molecule has 0 bridgehead atoms. The van der Waals surface area contributed by atoms with Crippen molar-refractivity contribution in [2.24, 2.45) is 5.73 Å². The first-order chi connectivity index (χ1) is 12.3. The van der Waals surface area contributed by atoms with Gasteiger partial charge < -0.3 is 10.2 Å². The third kappa shape index (κ3) is 4.28. The Balaban J connectivity index is 2.50. The summed E-state index contributed by atoms with van der Waals surface area (Å²) in [4.78, 5) is 0. The van der Waals surface area contributed by atoms with Gasteiger partial charge in [-0.05, 0) is 27.8 Å². The predicted molar refractivity (Wildman–Crippen MR) is 115 cm³/mol. The normalized spacial score (nSPS) is 14.8. The molecule has 0 saturated carbocycles. The standard InChI is InChI=1S/C23H35NOSi/c1-17(2)26(18(3)4,19(5)6)25-23(21-15-11-8-12-16-21)22(24)20-13-9-7-10-14-20/h7-19,22-23H,24H2,1-6H3/t22-,23+/m1/s1. The second kappa shape index (κ2) is 8.98. The summed E-state index contributed by atoms with van der Waals surface area (Å²) in [5.74, 6) is 0. The largest absolute Gasteiger partial charge is 0.407 e. The number of hydrogen-bond acceptors (Lipinski definition) is 2. The number of rotatable bonds is 8. The molecule has 2 N–H and O–H groups in total. The molecule has 0 heterocycles. The minimum atomic E-state index is -2.05. The number of benzene rings is 2. The lowest BCUT2D eigenvalue weighted by molar-refractivity contribution is 0.147. The van der Waals surface area contributed by atoms with E-state index in [0.717, 1.165) is 5.56 Å². The van der Waals surface area contributed by atoms with Crippen LogP contribution in [-0.2, 0) is 4.43 Å². The van der Waals surface area contributed by atoms with E-state index in [1.54, 1.807) is 0 Å². The fraction of sp³-hybridized carbons (Fsp3) is 0.478. The number of hydrogen-bond donors (Lipinski definition) is 1. The summed E-state index contributed by atoms with van der Waals surface area (Å²) in [5.41, 5.74) is 10.6. The molecule has 142 valence electrons. The van der Waals surface area contributed by atoms with Gasteiger partial charge >= 0.3 is 0 Å². The summed E-state index contributed by atoms with van der Waals surface area (Å²) in [5, 5.41) is 0. The van der Waals surface area contributed by atoms with E-state index in [2.05, 4.69) is 90.1 Å². The second-order valence-corrected chi connectivity index (χ2v) is 13.6. The van der Waals surface area contributed by atoms with Crippen LogP contribution in [0.5, 0.6) is 0 Å². The van der Waals surface area contributed by atoms with Crippen LogP contribution in [0.2, 0.25) is 16.6 Å². The summed E-state index contributed by atoms with van der Waals surface area (Å²) in [7, 11) is -2.05. The van der Waals surface area contributed by atoms with Gasteiger partial charge in [-0.1, -0.05) is 102 Å². The van der Waals surface area contributed by atoms with Gasteiger partial charge in [0, 0.05) is 0 Å². The van der Waals surface area contributed by atoms with Crippen molar-refractivity contribution < 1.29 is 4.43 Å². The molecule has 0 aliphatic carbocycles. The smallest absolute Gasteiger partial charge is 0.201 e. The Hall–Kier alpha value is -1.42. The van der Waals surface area contributed by atoms with E-state index in [-0.39, 0.29) is 12.1 Å². The van der Waals surface area contributed by atoms with Crippen LogP contribution < -0.4 is 5.73 Å². The highest BCUT2D eigenvalue weighted by atomic mass is 28.4. The lowest BCUT2D eigenvalue weighted by Crippen LogP contribution is -2.49. The summed E-state index contributed by atoms with van der Waals surface area (Å²) >= 11 is 0. The summed E-state index contributed by atoms with van der Waals surface area (Å²) < 4.78 is 7.14. The Morgan fingerprint density at radius 3 is 1.42 bits per heavy atom. The average Bonchev–Trinajstić information content (AvgIpc) is 2.62. The van der Waals surface area contributed by atoms with Gasteiger partial charge in [0.2, 0.25) is 8.32 Å². The molecule has 0 unspecified atom stereocenters. The first-order valence-electron chi connectivity index (χ1n) is 9.84. The molecule has 0 spiro atoms. The van der Waals surface area contributed by atoms with E-state index in [9.17, 15) is 0 Å². The summed E-state index contributed by atoms with van der Waals surface area (Å²) in [6.45, 7) is 13.9. The Morgan fingerprint density at radius 2 is 1.04 bits per heavy atom. The van der Waals surface area contributed by atoms with Crippen LogP contribution in [0, 0.1) is 0 Å². The van der Waals surface area contributed by atoms with Crippen molar-refractivity contribution in [2.75, 3.05) is 0 Å². The van der Waals surface area contributed by atoms with Gasteiger partial charge in [0.25, 0.3) is 0 Å². The maximum Gasteiger partial charge on any atom is 0.201 e. The van der Waals surface area contributed by atoms with E-state index in [1.165, 1.54) is 5.56 Å². The van der Waals surface area contributed by atoms with Crippen LogP contribution in [0.3, 0.4) is 0 Å². The van der Waals surface area contributed by atoms with E-state index in [1.807, 2.05) is 12.1 Å². The third-order valence-corrected chi connectivity index (χ3v) is 11.8. The van der Waals surface area contributed by atoms with Gasteiger partial charge in [0.05, 0.1) is 12.1 Å². The molecule has 0 amide bonds. The van der Waals surface area contributed by atoms with Crippen molar-refractivity contribution in [3.8, 4) is 0 Å². The molecular weight excluding hydrogens is 334 g/mol. The van der Waals surface area contributed by atoms with E-state index in [4.69, 9.17) is 10.2 Å². The van der Waals surface area contributed by atoms with Crippen LogP contribution in [0.15, 0.2) is 60.7 Å². The van der Waals surface area contributed by atoms with Gasteiger partial charge in [-0.25, -0.2) is 0 Å². The van der Waals surface area contributed by atoms with Crippen LogP contribution in [0.1, 0.15) is 64.8 Å². The molecule has 2 aromatic rings. The molecule has 26 heavy (non-hydrogen) atoms. The summed E-state index contributed by atoms with van der Waals surface area (Å²) in [6.07, 6.45) is -0.127. The minimum absolute atomic E-state index is 0.127. The first kappa shape index (κ1) is 20.9. The molecule has 2 rings (SSSR count). The molecule has 0 aromatic heterocycles. The Labute approximate surface area is 160 Å². The highest BCUT2D eigenvalue weighted by Crippen LogP contribution is 2.47. The van der Waals surface area contributed by atoms with Crippen LogP contribution >= 0.6 is 0 Å². The zero-order valence-electron chi connectivity index (χ0n) is 17.1. The average molecular weight is 370 g/mol. The van der Waals surface area contributed by atoms with Crippen molar-refractivity contribution >= 4 is 8.32 Å². The quantitative estimate of drug-likeness (QED) is 0.531. The van der Waals surface area contributed by atoms with Crippen molar-refractivity contribution in [1.82, 2.24) is 0 Å². The van der Waals surface area contributed by atoms with Crippen molar-refractivity contribution in [2.45, 2.75) is 70.3 Å². The first-order valence-corrected chi connectivity index (χ1v) is 12.0. The topological polar surface area (TPSA) is 35.2 Å². The zero-order chi connectivity index (χ0) is 19.3. The monoisotopic (exact) mass is 369 g/mol. The Kier molecular flexibility index (Phi) is 7.21. The van der Waals surface area contributed by atoms with Crippen LogP contribution in [0.25, 0.3) is 0 Å². The maximum absolute atomic E-state index is 7.14. The third-order valence-electron chi connectivity index (χ3n) is 5.68. The zero-order valence-corrected chi connectivity index (χ0v) is 18.1. The predicted octanol–water partition coefficient (Wildman–Crippen LogP) is 6.62. The highest BCUT2D eigenvalue weighted by Gasteiger charge is 2.47. The fourth-order valence-electron chi connectivity index (χ4n) is 4.47. The van der Waals surface area contributed by atoms with Crippen LogP contribution in [-0.4, -0.2) is 8.32 Å². The van der Waals surface area contributed by atoms with E-state index in [0.29, 0.717) is 16.6 Å². The molecule has 2 aromatic carbocycles. The van der Waals surface area contributed by atoms with Gasteiger partial charge in [-0.2, -0.15) is 0 Å². The summed E-state index contributed by atoms with van der Waals surface area (Å²) in [6, 6.07) is 20.7. The molecule has 0 aliphatic heterocycles.